The lowest BCUT2D eigenvalue weighted by molar-refractivity contribution is 0.220. The second-order valence-electron chi connectivity index (χ2n) is 4.69. The highest BCUT2D eigenvalue weighted by Gasteiger charge is 2.18. The van der Waals surface area contributed by atoms with E-state index >= 15 is 0 Å². The van der Waals surface area contributed by atoms with Crippen LogP contribution in [0, 0.1) is 0 Å². The molecular formula is C14H17NOS. The summed E-state index contributed by atoms with van der Waals surface area (Å²) in [5.74, 6) is 0. The molecule has 0 amide bonds. The Morgan fingerprint density at radius 2 is 2.12 bits per heavy atom. The van der Waals surface area contributed by atoms with E-state index in [1.165, 1.54) is 42.5 Å². The summed E-state index contributed by atoms with van der Waals surface area (Å²) in [4.78, 5) is 5.66. The lowest BCUT2D eigenvalue weighted by Crippen LogP contribution is -1.96. The molecule has 0 radical (unpaired) electrons. The summed E-state index contributed by atoms with van der Waals surface area (Å²) in [6.07, 6.45) is 7.68. The van der Waals surface area contributed by atoms with Crippen LogP contribution in [0.3, 0.4) is 0 Å². The van der Waals surface area contributed by atoms with Crippen LogP contribution in [0.4, 0.5) is 0 Å². The molecule has 3 heteroatoms. The molecule has 2 aromatic rings. The quantitative estimate of drug-likeness (QED) is 0.784. The molecule has 2 heterocycles. The van der Waals surface area contributed by atoms with E-state index < -0.39 is 6.10 Å². The Labute approximate surface area is 105 Å². The molecule has 0 spiro atoms. The third-order valence-corrected chi connectivity index (χ3v) is 4.74. The Morgan fingerprint density at radius 3 is 2.94 bits per heavy atom. The number of aromatic amines is 1. The fraction of sp³-hybridized carbons (Fsp3) is 0.429. The van der Waals surface area contributed by atoms with Gasteiger partial charge in [0.1, 0.15) is 6.10 Å². The van der Waals surface area contributed by atoms with Crippen molar-refractivity contribution in [2.24, 2.45) is 0 Å². The molecule has 2 nitrogen and oxygen atoms in total. The summed E-state index contributed by atoms with van der Waals surface area (Å²) in [7, 11) is 0. The van der Waals surface area contributed by atoms with Gasteiger partial charge in [-0.1, -0.05) is 6.42 Å². The summed E-state index contributed by atoms with van der Waals surface area (Å²) in [5, 5.41) is 10.3. The molecule has 1 aliphatic rings. The smallest absolute Gasteiger partial charge is 0.128 e. The van der Waals surface area contributed by atoms with Gasteiger partial charge in [0.25, 0.3) is 0 Å². The van der Waals surface area contributed by atoms with E-state index in [1.54, 1.807) is 11.3 Å². The monoisotopic (exact) mass is 247 g/mol. The maximum atomic E-state index is 10.3. The van der Waals surface area contributed by atoms with Crippen LogP contribution >= 0.6 is 11.3 Å². The predicted octanol–water partition coefficient (Wildman–Crippen LogP) is 3.43. The first-order chi connectivity index (χ1) is 8.34. The number of rotatable bonds is 2. The van der Waals surface area contributed by atoms with Gasteiger partial charge in [0, 0.05) is 21.6 Å². The van der Waals surface area contributed by atoms with Crippen molar-refractivity contribution in [1.82, 2.24) is 4.98 Å². The third kappa shape index (κ3) is 2.17. The SMILES string of the molecule is OC(c1ccc[nH]1)c1cc2c(s1)CCCCC2. The lowest BCUT2D eigenvalue weighted by atomic mass is 10.1. The number of nitrogens with one attached hydrogen (secondary N) is 1. The molecule has 2 aromatic heterocycles. The molecule has 0 aromatic carbocycles. The van der Waals surface area contributed by atoms with Crippen molar-refractivity contribution in [3.8, 4) is 0 Å². The molecule has 1 unspecified atom stereocenters. The summed E-state index contributed by atoms with van der Waals surface area (Å²) in [6, 6.07) is 6.07. The van der Waals surface area contributed by atoms with Crippen LogP contribution in [0.15, 0.2) is 24.4 Å². The van der Waals surface area contributed by atoms with Crippen molar-refractivity contribution in [2.45, 2.75) is 38.2 Å². The van der Waals surface area contributed by atoms with E-state index in [-0.39, 0.29) is 0 Å². The molecule has 0 fully saturated rings. The molecule has 1 atom stereocenters. The van der Waals surface area contributed by atoms with Gasteiger partial charge in [0.15, 0.2) is 0 Å². The number of H-pyrrole nitrogens is 1. The summed E-state index contributed by atoms with van der Waals surface area (Å²) < 4.78 is 0. The minimum Gasteiger partial charge on any atom is -0.381 e. The van der Waals surface area contributed by atoms with Crippen molar-refractivity contribution >= 4 is 11.3 Å². The third-order valence-electron chi connectivity index (χ3n) is 3.45. The standard InChI is InChI=1S/C14H17NOS/c16-14(11-6-4-8-15-11)13-9-10-5-2-1-3-7-12(10)17-13/h4,6,8-9,14-16H,1-3,5,7H2. The summed E-state index contributed by atoms with van der Waals surface area (Å²) in [5.41, 5.74) is 2.36. The van der Waals surface area contributed by atoms with Gasteiger partial charge in [-0.3, -0.25) is 0 Å². The fourth-order valence-corrected chi connectivity index (χ4v) is 3.76. The Bertz CT molecular complexity index is 463. The fourth-order valence-electron chi connectivity index (χ4n) is 2.49. The molecule has 0 bridgehead atoms. The number of hydrogen-bond acceptors (Lipinski definition) is 2. The van der Waals surface area contributed by atoms with Crippen LogP contribution in [0.25, 0.3) is 0 Å². The highest BCUT2D eigenvalue weighted by molar-refractivity contribution is 7.12. The minimum absolute atomic E-state index is 0.484. The zero-order valence-corrected chi connectivity index (χ0v) is 10.6. The van der Waals surface area contributed by atoms with E-state index in [2.05, 4.69) is 11.1 Å². The number of thiophene rings is 1. The second kappa shape index (κ2) is 4.67. The molecule has 17 heavy (non-hydrogen) atoms. The summed E-state index contributed by atoms with van der Waals surface area (Å²) >= 11 is 1.78. The molecule has 0 aliphatic heterocycles. The van der Waals surface area contributed by atoms with Gasteiger partial charge in [-0.05, 0) is 49.4 Å². The van der Waals surface area contributed by atoms with Gasteiger partial charge >= 0.3 is 0 Å². The zero-order valence-electron chi connectivity index (χ0n) is 9.78. The Morgan fingerprint density at radius 1 is 1.24 bits per heavy atom. The zero-order chi connectivity index (χ0) is 11.7. The predicted molar refractivity (Wildman–Crippen MR) is 70.4 cm³/mol. The highest BCUT2D eigenvalue weighted by Crippen LogP contribution is 2.34. The minimum atomic E-state index is -0.484. The number of aliphatic hydroxyl groups excluding tert-OH is 1. The van der Waals surface area contributed by atoms with Crippen molar-refractivity contribution < 1.29 is 5.11 Å². The molecule has 0 saturated carbocycles. The Balaban J connectivity index is 1.89. The molecule has 3 rings (SSSR count). The van der Waals surface area contributed by atoms with Crippen LogP contribution in [-0.2, 0) is 12.8 Å². The van der Waals surface area contributed by atoms with E-state index in [0.717, 1.165) is 10.6 Å². The van der Waals surface area contributed by atoms with Crippen LogP contribution in [-0.4, -0.2) is 10.1 Å². The lowest BCUT2D eigenvalue weighted by Gasteiger charge is -2.05. The first-order valence-corrected chi connectivity index (χ1v) is 7.09. The number of hydrogen-bond donors (Lipinski definition) is 2. The van der Waals surface area contributed by atoms with Crippen LogP contribution in [0.2, 0.25) is 0 Å². The Hall–Kier alpha value is -1.06. The average molecular weight is 247 g/mol. The highest BCUT2D eigenvalue weighted by atomic mass is 32.1. The topological polar surface area (TPSA) is 36.0 Å². The normalized spacial score (nSPS) is 17.5. The maximum absolute atomic E-state index is 10.3. The molecule has 1 aliphatic carbocycles. The van der Waals surface area contributed by atoms with Crippen LogP contribution < -0.4 is 0 Å². The van der Waals surface area contributed by atoms with Crippen molar-refractivity contribution in [3.05, 3.63) is 45.4 Å². The number of fused-ring (bicyclic) bond motifs is 1. The van der Waals surface area contributed by atoms with E-state index in [0.29, 0.717) is 0 Å². The van der Waals surface area contributed by atoms with E-state index in [1.807, 2.05) is 18.3 Å². The van der Waals surface area contributed by atoms with E-state index in [9.17, 15) is 5.11 Å². The first-order valence-electron chi connectivity index (χ1n) is 6.27. The van der Waals surface area contributed by atoms with E-state index in [4.69, 9.17) is 0 Å². The van der Waals surface area contributed by atoms with Gasteiger partial charge in [-0.2, -0.15) is 0 Å². The average Bonchev–Trinajstić information content (AvgIpc) is 2.95. The number of aryl methyl sites for hydroxylation is 2. The van der Waals surface area contributed by atoms with Gasteiger partial charge < -0.3 is 10.1 Å². The van der Waals surface area contributed by atoms with Crippen molar-refractivity contribution in [1.29, 1.82) is 0 Å². The number of aliphatic hydroxyl groups is 1. The Kier molecular flexibility index (Phi) is 3.04. The largest absolute Gasteiger partial charge is 0.381 e. The van der Waals surface area contributed by atoms with Gasteiger partial charge in [-0.25, -0.2) is 0 Å². The summed E-state index contributed by atoms with van der Waals surface area (Å²) in [6.45, 7) is 0. The van der Waals surface area contributed by atoms with Gasteiger partial charge in [-0.15, -0.1) is 11.3 Å². The molecular weight excluding hydrogens is 230 g/mol. The van der Waals surface area contributed by atoms with Crippen LogP contribution in [0.1, 0.15) is 46.4 Å². The second-order valence-corrected chi connectivity index (χ2v) is 5.85. The molecule has 2 N–H and O–H groups in total. The van der Waals surface area contributed by atoms with Crippen LogP contribution in [0.5, 0.6) is 0 Å². The van der Waals surface area contributed by atoms with Crippen molar-refractivity contribution in [2.75, 3.05) is 0 Å². The van der Waals surface area contributed by atoms with Gasteiger partial charge in [0.2, 0.25) is 0 Å². The maximum Gasteiger partial charge on any atom is 0.128 e. The number of aromatic nitrogens is 1. The first kappa shape index (κ1) is 11.1. The molecule has 0 saturated heterocycles. The van der Waals surface area contributed by atoms with Crippen molar-refractivity contribution in [3.63, 3.8) is 0 Å². The van der Waals surface area contributed by atoms with Gasteiger partial charge in [0.05, 0.1) is 0 Å². The molecule has 90 valence electrons.